The SMILES string of the molecule is CN(Cc1ccsc1)C(=O)COC(=O)c1ccccc1Cc1nc2ccccc2c(=O)[nH]1. The summed E-state index contributed by atoms with van der Waals surface area (Å²) in [6.07, 6.45) is 0.247. The van der Waals surface area contributed by atoms with Crippen molar-refractivity contribution in [3.63, 3.8) is 0 Å². The number of hydrogen-bond donors (Lipinski definition) is 1. The number of H-pyrrole nitrogens is 1. The summed E-state index contributed by atoms with van der Waals surface area (Å²) in [6, 6.07) is 16.0. The zero-order valence-electron chi connectivity index (χ0n) is 17.4. The van der Waals surface area contributed by atoms with E-state index in [9.17, 15) is 14.4 Å². The number of benzene rings is 2. The lowest BCUT2D eigenvalue weighted by Gasteiger charge is -2.16. The molecular weight excluding hydrogens is 426 g/mol. The minimum Gasteiger partial charge on any atom is -0.452 e. The summed E-state index contributed by atoms with van der Waals surface area (Å²) in [6.45, 7) is 0.107. The number of nitrogens with zero attached hydrogens (tertiary/aromatic N) is 2. The Kier molecular flexibility index (Phi) is 6.42. The number of fused-ring (bicyclic) bond motifs is 1. The number of para-hydroxylation sites is 1. The molecule has 8 heteroatoms. The number of esters is 1. The zero-order valence-corrected chi connectivity index (χ0v) is 18.2. The molecule has 0 unspecified atom stereocenters. The number of nitrogens with one attached hydrogen (secondary N) is 1. The molecule has 2 aromatic heterocycles. The Bertz CT molecular complexity index is 1310. The standard InChI is InChI=1S/C24H21N3O4S/c1-27(13-16-10-11-32-15-16)22(28)14-31-24(30)18-7-3-2-6-17(18)12-21-25-20-9-5-4-8-19(20)23(29)26-21/h2-11,15H,12-14H2,1H3,(H,25,26,29). The highest BCUT2D eigenvalue weighted by molar-refractivity contribution is 7.07. The molecule has 2 aromatic carbocycles. The Morgan fingerprint density at radius 2 is 1.88 bits per heavy atom. The van der Waals surface area contributed by atoms with Crippen molar-refractivity contribution in [1.29, 1.82) is 0 Å². The van der Waals surface area contributed by atoms with Gasteiger partial charge in [-0.25, -0.2) is 9.78 Å². The first-order chi connectivity index (χ1) is 15.5. The molecule has 0 saturated heterocycles. The van der Waals surface area contributed by atoms with Crippen molar-refractivity contribution in [1.82, 2.24) is 14.9 Å². The van der Waals surface area contributed by atoms with Gasteiger partial charge in [0.25, 0.3) is 11.5 Å². The maximum atomic E-state index is 12.7. The number of hydrogen-bond acceptors (Lipinski definition) is 6. The summed E-state index contributed by atoms with van der Waals surface area (Å²) in [5, 5.41) is 4.42. The average molecular weight is 448 g/mol. The predicted molar refractivity (Wildman–Crippen MR) is 123 cm³/mol. The molecule has 2 heterocycles. The van der Waals surface area contributed by atoms with E-state index < -0.39 is 5.97 Å². The van der Waals surface area contributed by atoms with Crippen LogP contribution in [0.15, 0.2) is 70.2 Å². The number of thiophene rings is 1. The molecule has 0 aliphatic heterocycles. The van der Waals surface area contributed by atoms with Crippen LogP contribution in [-0.2, 0) is 22.5 Å². The predicted octanol–water partition coefficient (Wildman–Crippen LogP) is 3.39. The van der Waals surface area contributed by atoms with Gasteiger partial charge in [0.1, 0.15) is 5.82 Å². The lowest BCUT2D eigenvalue weighted by molar-refractivity contribution is -0.133. The Labute approximate surface area is 188 Å². The highest BCUT2D eigenvalue weighted by atomic mass is 32.1. The fourth-order valence-electron chi connectivity index (χ4n) is 3.33. The monoisotopic (exact) mass is 447 g/mol. The van der Waals surface area contributed by atoms with Crippen LogP contribution in [0.2, 0.25) is 0 Å². The Morgan fingerprint density at radius 1 is 1.09 bits per heavy atom. The maximum absolute atomic E-state index is 12.7. The molecule has 0 fully saturated rings. The van der Waals surface area contributed by atoms with Crippen LogP contribution in [0.3, 0.4) is 0 Å². The molecule has 0 saturated carbocycles. The summed E-state index contributed by atoms with van der Waals surface area (Å²) in [5.74, 6) is -0.441. The third-order valence-electron chi connectivity index (χ3n) is 5.01. The first-order valence-electron chi connectivity index (χ1n) is 9.99. The Hall–Kier alpha value is -3.78. The van der Waals surface area contributed by atoms with Gasteiger partial charge < -0.3 is 14.6 Å². The van der Waals surface area contributed by atoms with Crippen molar-refractivity contribution < 1.29 is 14.3 Å². The fraction of sp³-hybridized carbons (Fsp3) is 0.167. The summed E-state index contributed by atoms with van der Waals surface area (Å²) >= 11 is 1.56. The highest BCUT2D eigenvalue weighted by Gasteiger charge is 2.17. The number of aromatic nitrogens is 2. The Balaban J connectivity index is 1.45. The minimum atomic E-state index is -0.596. The van der Waals surface area contributed by atoms with E-state index in [1.54, 1.807) is 60.8 Å². The zero-order chi connectivity index (χ0) is 22.5. The van der Waals surface area contributed by atoms with Gasteiger partial charge in [-0.15, -0.1) is 0 Å². The highest BCUT2D eigenvalue weighted by Crippen LogP contribution is 2.15. The van der Waals surface area contributed by atoms with Crippen molar-refractivity contribution in [3.05, 3.63) is 98.2 Å². The molecule has 162 valence electrons. The van der Waals surface area contributed by atoms with E-state index in [-0.39, 0.29) is 24.5 Å². The minimum absolute atomic E-state index is 0.232. The topological polar surface area (TPSA) is 92.4 Å². The van der Waals surface area contributed by atoms with E-state index in [0.717, 1.165) is 5.56 Å². The second-order valence-electron chi connectivity index (χ2n) is 7.32. The third-order valence-corrected chi connectivity index (χ3v) is 5.74. The van der Waals surface area contributed by atoms with E-state index in [1.807, 2.05) is 22.9 Å². The number of ether oxygens (including phenoxy) is 1. The Morgan fingerprint density at radius 3 is 2.69 bits per heavy atom. The van der Waals surface area contributed by atoms with Gasteiger partial charge >= 0.3 is 5.97 Å². The van der Waals surface area contributed by atoms with Crippen LogP contribution in [0, 0.1) is 0 Å². The van der Waals surface area contributed by atoms with Crippen LogP contribution in [0.5, 0.6) is 0 Å². The molecule has 32 heavy (non-hydrogen) atoms. The molecule has 4 aromatic rings. The number of amides is 1. The van der Waals surface area contributed by atoms with Gasteiger partial charge in [0, 0.05) is 20.0 Å². The van der Waals surface area contributed by atoms with Gasteiger partial charge in [0.15, 0.2) is 6.61 Å². The van der Waals surface area contributed by atoms with Crippen LogP contribution in [0.25, 0.3) is 10.9 Å². The first kappa shape index (κ1) is 21.5. The summed E-state index contributed by atoms with van der Waals surface area (Å²) in [4.78, 5) is 46.2. The quantitative estimate of drug-likeness (QED) is 0.439. The molecule has 7 nitrogen and oxygen atoms in total. The molecule has 1 amide bonds. The molecular formula is C24H21N3O4S. The van der Waals surface area contributed by atoms with E-state index in [0.29, 0.717) is 34.4 Å². The number of carbonyl (C=O) groups is 2. The molecule has 0 radical (unpaired) electrons. The van der Waals surface area contributed by atoms with Crippen LogP contribution in [0.4, 0.5) is 0 Å². The smallest absolute Gasteiger partial charge is 0.338 e. The van der Waals surface area contributed by atoms with Crippen molar-refractivity contribution in [2.45, 2.75) is 13.0 Å². The number of likely N-dealkylation sites (N-methyl/N-ethyl adjacent to an activating group) is 1. The molecule has 0 bridgehead atoms. The lowest BCUT2D eigenvalue weighted by Crippen LogP contribution is -2.30. The number of rotatable bonds is 7. The average Bonchev–Trinajstić information content (AvgIpc) is 3.30. The van der Waals surface area contributed by atoms with Crippen molar-refractivity contribution in [2.24, 2.45) is 0 Å². The normalized spacial score (nSPS) is 10.8. The number of aromatic amines is 1. The molecule has 0 aliphatic carbocycles. The van der Waals surface area contributed by atoms with Crippen LogP contribution in [-0.4, -0.2) is 40.4 Å². The van der Waals surface area contributed by atoms with Crippen LogP contribution in [0.1, 0.15) is 27.3 Å². The van der Waals surface area contributed by atoms with Crippen LogP contribution < -0.4 is 5.56 Å². The van der Waals surface area contributed by atoms with Gasteiger partial charge in [-0.1, -0.05) is 30.3 Å². The van der Waals surface area contributed by atoms with Gasteiger partial charge in [0.05, 0.1) is 16.5 Å². The summed E-state index contributed by atoms with van der Waals surface area (Å²) in [7, 11) is 1.67. The van der Waals surface area contributed by atoms with E-state index >= 15 is 0 Å². The number of carbonyl (C=O) groups excluding carboxylic acids is 2. The second-order valence-corrected chi connectivity index (χ2v) is 8.10. The van der Waals surface area contributed by atoms with Crippen molar-refractivity contribution in [3.8, 4) is 0 Å². The molecule has 0 spiro atoms. The van der Waals surface area contributed by atoms with Crippen molar-refractivity contribution >= 4 is 34.1 Å². The lowest BCUT2D eigenvalue weighted by atomic mass is 10.0. The van der Waals surface area contributed by atoms with E-state index in [1.165, 1.54) is 4.90 Å². The fourth-order valence-corrected chi connectivity index (χ4v) is 3.99. The second kappa shape index (κ2) is 9.57. The summed E-state index contributed by atoms with van der Waals surface area (Å²) < 4.78 is 5.28. The van der Waals surface area contributed by atoms with Crippen LogP contribution >= 0.6 is 11.3 Å². The first-order valence-corrected chi connectivity index (χ1v) is 10.9. The van der Waals surface area contributed by atoms with Crippen molar-refractivity contribution in [2.75, 3.05) is 13.7 Å². The molecule has 4 rings (SSSR count). The third kappa shape index (κ3) is 4.92. The van der Waals surface area contributed by atoms with Gasteiger partial charge in [-0.3, -0.25) is 9.59 Å². The molecule has 0 atom stereocenters. The maximum Gasteiger partial charge on any atom is 0.338 e. The molecule has 0 aliphatic rings. The van der Waals surface area contributed by atoms with E-state index in [2.05, 4.69) is 9.97 Å². The van der Waals surface area contributed by atoms with Gasteiger partial charge in [-0.05, 0) is 46.2 Å². The van der Waals surface area contributed by atoms with Gasteiger partial charge in [0.2, 0.25) is 0 Å². The van der Waals surface area contributed by atoms with E-state index in [4.69, 9.17) is 4.74 Å². The molecule has 1 N–H and O–H groups in total. The van der Waals surface area contributed by atoms with Gasteiger partial charge in [-0.2, -0.15) is 11.3 Å². The summed E-state index contributed by atoms with van der Waals surface area (Å²) in [5.41, 5.74) is 2.36. The largest absolute Gasteiger partial charge is 0.452 e.